The van der Waals surface area contributed by atoms with Crippen LogP contribution in [0.15, 0.2) is 115 Å². The van der Waals surface area contributed by atoms with Crippen molar-refractivity contribution in [3.05, 3.63) is 162 Å². The van der Waals surface area contributed by atoms with Gasteiger partial charge in [-0.15, -0.1) is 0 Å². The molecule has 2 aliphatic heterocycles. The number of aromatic nitrogens is 12. The number of fused-ring (bicyclic) bond motifs is 9. The molecule has 13 rings (SSSR count). The van der Waals surface area contributed by atoms with Gasteiger partial charge in [-0.3, -0.25) is 20.1 Å². The number of halogens is 10. The molecule has 30 nitrogen and oxygen atoms in total. The van der Waals surface area contributed by atoms with Gasteiger partial charge in [-0.05, 0) is 143 Å². The zero-order valence-corrected chi connectivity index (χ0v) is 59.2. The molecule has 0 unspecified atom stereocenters. The number of H-pyrrole nitrogens is 1. The Morgan fingerprint density at radius 3 is 1.55 bits per heavy atom. The van der Waals surface area contributed by atoms with Crippen molar-refractivity contribution in [1.82, 2.24) is 80.1 Å². The van der Waals surface area contributed by atoms with Gasteiger partial charge < -0.3 is 46.1 Å². The summed E-state index contributed by atoms with van der Waals surface area (Å²) in [5.41, 5.74) is 12.0. The molecule has 0 saturated carbocycles. The number of nitrogens with zero attached hydrogens (tertiary/aromatic N) is 14. The minimum absolute atomic E-state index is 0.250. The summed E-state index contributed by atoms with van der Waals surface area (Å²) in [7, 11) is 2.46. The number of aliphatic hydroxyl groups excluding tert-OH is 1. The van der Waals surface area contributed by atoms with Crippen LogP contribution in [0.3, 0.4) is 0 Å². The van der Waals surface area contributed by atoms with Crippen molar-refractivity contribution in [3.8, 4) is 12.1 Å². The summed E-state index contributed by atoms with van der Waals surface area (Å²) in [5, 5.41) is 51.5. The maximum atomic E-state index is 11.5. The maximum Gasteiger partial charge on any atom is 0.411 e. The zero-order chi connectivity index (χ0) is 71.6. The van der Waals surface area contributed by atoms with Gasteiger partial charge >= 0.3 is 22.4 Å². The summed E-state index contributed by atoms with van der Waals surface area (Å²) in [6.07, 6.45) is 4.11. The fourth-order valence-electron chi connectivity index (χ4n) is 7.73. The normalized spacial score (nSPS) is 11.9. The van der Waals surface area contributed by atoms with Gasteiger partial charge in [-0.2, -0.15) is 39.4 Å². The van der Waals surface area contributed by atoms with Crippen LogP contribution in [0.5, 0.6) is 0 Å². The van der Waals surface area contributed by atoms with Crippen LogP contribution >= 0.6 is 120 Å². The number of nitrogens with two attached hydrogens (primary N) is 2. The lowest BCUT2D eigenvalue weighted by Gasteiger charge is -2.28. The molecule has 41 heteroatoms. The summed E-state index contributed by atoms with van der Waals surface area (Å²) in [5.74, 6) is 5.25. The molecule has 97 heavy (non-hydrogen) atoms. The van der Waals surface area contributed by atoms with Crippen molar-refractivity contribution < 1.29 is 33.5 Å². The molecule has 0 spiro atoms. The van der Waals surface area contributed by atoms with E-state index < -0.39 is 16.7 Å². The third kappa shape index (κ3) is 27.5. The van der Waals surface area contributed by atoms with Crippen molar-refractivity contribution in [2.24, 2.45) is 5.84 Å². The Morgan fingerprint density at radius 2 is 1.07 bits per heavy atom. The molecular formula is C56H57Cl10N22O8P. The first-order valence-electron chi connectivity index (χ1n) is 27.4. The number of amides is 2. The number of nitrogen functional groups attached to an aromatic ring is 1. The molecule has 11 N–H and O–H groups in total. The van der Waals surface area contributed by atoms with E-state index in [1.54, 1.807) is 77.8 Å². The number of anilines is 3. The maximum absolute atomic E-state index is 11.5. The molecule has 0 radical (unpaired) electrons. The number of nitriles is 2. The fourth-order valence-corrected chi connectivity index (χ4v) is 8.81. The Bertz CT molecular complexity index is 4560. The fraction of sp³-hybridized carbons (Fsp3) is 0.214. The van der Waals surface area contributed by atoms with Crippen molar-refractivity contribution in [1.29, 1.82) is 10.5 Å². The lowest BCUT2D eigenvalue weighted by atomic mass is 10.2. The largest absolute Gasteiger partial charge is 0.457 e. The van der Waals surface area contributed by atoms with Crippen molar-refractivity contribution in [2.75, 3.05) is 89.1 Å². The molecule has 2 aliphatic rings. The van der Waals surface area contributed by atoms with E-state index in [9.17, 15) is 18.9 Å². The Kier molecular flexibility index (Phi) is 35.8. The van der Waals surface area contributed by atoms with E-state index in [0.717, 1.165) is 91.1 Å². The predicted molar refractivity (Wildman–Crippen MR) is 381 cm³/mol. The van der Waals surface area contributed by atoms with Gasteiger partial charge in [0.1, 0.15) is 31.1 Å². The molecule has 2 amide bonds. The molecule has 514 valence electrons. The van der Waals surface area contributed by atoms with E-state index in [2.05, 4.69) is 127 Å². The summed E-state index contributed by atoms with van der Waals surface area (Å²) in [6, 6.07) is 29.5. The first-order chi connectivity index (χ1) is 46.3. The second-order valence-corrected chi connectivity index (χ2v) is 27.6. The van der Waals surface area contributed by atoms with Crippen molar-refractivity contribution in [3.63, 3.8) is 0 Å². The standard InChI is InChI=1S/C13H13ClN6.C9H4Cl2N4.C9H5ClN4O.C9H7ClN2O2.C7H5ClN2.C4H10N2.C2H3ClO2.C2H6O.CH4N2O.Cl3OP/c14-9-1-2-11-10(7-9)12-16-8-17-20(12)13(18-11)19-5-3-15-4-6-19;10-5-1-2-7-6(3-5)8-12-4-13-15(8)9(11)14-7;10-5-1-2-7-6(3-5)8-11-4-12-14(8)9(15)13-7;1-14-9(13)12-8-3-2-7(10)4-6(8)5-11;8-6-1-2-7(10)5(3-6)4-9;1-2-6-4-3-5-1;1-5-2(3)4;1-2-3;2-3-1-4;1-5(2,3)4/h1-2,7-8,15H,3-6H2;1-4H;1-4H,(H,13,15);2-4H,1H3,(H,12,13);1-3H,10H2;5-6H,1-4H2;1H3;3H,2H2,1H3;1H,2H2,(H,3,4);. The highest BCUT2D eigenvalue weighted by atomic mass is 36.0. The first kappa shape index (κ1) is 81.5. The molecular weight excluding hydrogens is 1490 g/mol. The van der Waals surface area contributed by atoms with Crippen LogP contribution in [-0.2, 0) is 18.8 Å². The second-order valence-electron chi connectivity index (χ2n) is 18.2. The minimum Gasteiger partial charge on any atom is -0.457 e. The number of benzene rings is 5. The Balaban J connectivity index is 0.000000241. The number of rotatable bonds is 3. The van der Waals surface area contributed by atoms with Gasteiger partial charge in [0.25, 0.3) is 0 Å². The Morgan fingerprint density at radius 1 is 0.660 bits per heavy atom. The minimum atomic E-state index is -3.22. The van der Waals surface area contributed by atoms with Crippen LogP contribution in [-0.4, -0.2) is 155 Å². The molecule has 0 aliphatic carbocycles. The van der Waals surface area contributed by atoms with Gasteiger partial charge in [0.05, 0.1) is 47.6 Å². The van der Waals surface area contributed by atoms with Crippen LogP contribution in [0.1, 0.15) is 18.1 Å². The van der Waals surface area contributed by atoms with Gasteiger partial charge in [0.2, 0.25) is 17.6 Å². The van der Waals surface area contributed by atoms with Crippen LogP contribution in [0.4, 0.5) is 26.9 Å². The number of aromatic amines is 1. The average Bonchev–Trinajstić information content (AvgIpc) is 1.73. The molecule has 2 fully saturated rings. The van der Waals surface area contributed by atoms with E-state index >= 15 is 0 Å². The van der Waals surface area contributed by atoms with Crippen molar-refractivity contribution >= 4 is 205 Å². The number of hydrogen-bond acceptors (Lipinski definition) is 24. The SMILES string of the molecule is C1CNCCN1.CCO.COC(=O)Cl.COC(=O)Nc1ccc(Cl)cc1C#N.Clc1ccc2nc(Cl)n3ncnc3c2c1.Clc1ccc2nc(N3CCNCC3)n3ncnc3c2c1.N#Cc1cc(Cl)ccc1N.NNC=O.O=P(Cl)(Cl)Cl.O=c1[nH]c2ccc(Cl)cc2c2ncnn12. The van der Waals surface area contributed by atoms with Crippen LogP contribution in [0, 0.1) is 22.7 Å². The van der Waals surface area contributed by atoms with E-state index in [-0.39, 0.29) is 17.6 Å². The third-order valence-electron chi connectivity index (χ3n) is 11.7. The Hall–Kier alpha value is -7.95. The predicted octanol–water partition coefficient (Wildman–Crippen LogP) is 10.9. The highest BCUT2D eigenvalue weighted by molar-refractivity contribution is 8.24. The number of carbonyl (C=O) groups excluding carboxylic acids is 3. The molecule has 8 heterocycles. The summed E-state index contributed by atoms with van der Waals surface area (Å²) in [6.45, 7) is 10.2. The third-order valence-corrected chi connectivity index (χ3v) is 13.3. The first-order valence-corrected chi connectivity index (χ1v) is 34.5. The van der Waals surface area contributed by atoms with E-state index in [4.69, 9.17) is 101 Å². The lowest BCUT2D eigenvalue weighted by Crippen LogP contribution is -2.44. The van der Waals surface area contributed by atoms with Gasteiger partial charge in [-0.1, -0.05) is 58.0 Å². The van der Waals surface area contributed by atoms with E-state index in [0.29, 0.717) is 70.8 Å². The second kappa shape index (κ2) is 42.7. The molecule has 0 bridgehead atoms. The van der Waals surface area contributed by atoms with Crippen molar-refractivity contribution in [2.45, 2.75) is 6.92 Å². The van der Waals surface area contributed by atoms with Crippen LogP contribution in [0.25, 0.3) is 49.7 Å². The smallest absolute Gasteiger partial charge is 0.411 e. The number of aliphatic hydroxyl groups is 1. The summed E-state index contributed by atoms with van der Waals surface area (Å²) >= 11 is 53.5. The quantitative estimate of drug-likeness (QED) is 0.0116. The lowest BCUT2D eigenvalue weighted by molar-refractivity contribution is -0.109. The number of nitrogens with one attached hydrogen (secondary N) is 6. The number of methoxy groups -OCH3 is 2. The number of ether oxygens (including phenoxy) is 2. The molecule has 2 saturated heterocycles. The summed E-state index contributed by atoms with van der Waals surface area (Å²) < 4.78 is 22.3. The van der Waals surface area contributed by atoms with Gasteiger partial charge in [-0.25, -0.2) is 45.1 Å². The number of piperazine rings is 2. The van der Waals surface area contributed by atoms with E-state index in [1.807, 2.05) is 30.3 Å². The van der Waals surface area contributed by atoms with Gasteiger partial charge in [0.15, 0.2) is 16.9 Å². The van der Waals surface area contributed by atoms with Crippen LogP contribution < -0.4 is 48.9 Å². The highest BCUT2D eigenvalue weighted by Crippen LogP contribution is 2.61. The molecule has 5 aromatic carbocycles. The van der Waals surface area contributed by atoms with E-state index in [1.165, 1.54) is 54.1 Å². The number of hydrogen-bond donors (Lipinski definition) is 9. The molecule has 0 atom stereocenters. The molecule has 11 aromatic rings. The highest BCUT2D eigenvalue weighted by Gasteiger charge is 2.19. The monoisotopic (exact) mass is 1550 g/mol. The zero-order valence-electron chi connectivity index (χ0n) is 50.8. The summed E-state index contributed by atoms with van der Waals surface area (Å²) in [4.78, 5) is 67.0. The Labute approximate surface area is 600 Å². The molecule has 6 aromatic heterocycles. The topological polar surface area (TPSA) is 419 Å². The van der Waals surface area contributed by atoms with Gasteiger partial charge in [0, 0.05) is 118 Å². The number of carbonyl (C=O) groups is 3. The van der Waals surface area contributed by atoms with Crippen LogP contribution in [0.2, 0.25) is 30.4 Å². The number of hydrazine groups is 1. The average molecular weight is 1550 g/mol.